The summed E-state index contributed by atoms with van der Waals surface area (Å²) in [5, 5.41) is 14.6. The van der Waals surface area contributed by atoms with Gasteiger partial charge in [-0.15, -0.1) is 0 Å². The van der Waals surface area contributed by atoms with E-state index in [1.807, 2.05) is 0 Å². The van der Waals surface area contributed by atoms with E-state index in [0.29, 0.717) is 34.9 Å². The standard InChI is InChI=1S/C22H20N6O3/c1-27-11-9-22(31,21(27)30)8-6-14-4-3-5-15(12-14)20-25-16(13-17(26-20)19(23)29)18-7-10-24-28(18)2/h3-5,7,10,12-13,31H,9,11H2,1-2H3,(H2,23,29). The lowest BCUT2D eigenvalue weighted by Gasteiger charge is -2.13. The number of rotatable bonds is 3. The zero-order chi connectivity index (χ0) is 22.2. The van der Waals surface area contributed by atoms with E-state index in [9.17, 15) is 14.7 Å². The lowest BCUT2D eigenvalue weighted by Crippen LogP contribution is -2.37. The minimum atomic E-state index is -1.68. The molecule has 1 atom stereocenters. The van der Waals surface area contributed by atoms with Gasteiger partial charge in [0.05, 0.1) is 11.4 Å². The molecule has 0 bridgehead atoms. The van der Waals surface area contributed by atoms with E-state index >= 15 is 0 Å². The number of hydrogen-bond acceptors (Lipinski definition) is 6. The number of carbonyl (C=O) groups is 2. The highest BCUT2D eigenvalue weighted by Gasteiger charge is 2.42. The van der Waals surface area contributed by atoms with Crippen LogP contribution in [0.1, 0.15) is 22.5 Å². The molecule has 1 aromatic carbocycles. The first kappa shape index (κ1) is 20.3. The van der Waals surface area contributed by atoms with Crippen molar-refractivity contribution in [2.45, 2.75) is 12.0 Å². The molecular weight excluding hydrogens is 396 g/mol. The molecule has 1 fully saturated rings. The normalized spacial score (nSPS) is 18.0. The Morgan fingerprint density at radius 3 is 2.68 bits per heavy atom. The van der Waals surface area contributed by atoms with Gasteiger partial charge in [0.2, 0.25) is 5.60 Å². The summed E-state index contributed by atoms with van der Waals surface area (Å²) in [6, 6.07) is 10.3. The Bertz CT molecular complexity index is 1260. The molecule has 2 aromatic heterocycles. The van der Waals surface area contributed by atoms with E-state index in [4.69, 9.17) is 5.73 Å². The Morgan fingerprint density at radius 2 is 2.03 bits per heavy atom. The van der Waals surface area contributed by atoms with E-state index in [-0.39, 0.29) is 12.1 Å². The van der Waals surface area contributed by atoms with Gasteiger partial charge in [0.15, 0.2) is 5.82 Å². The number of aryl methyl sites for hydroxylation is 1. The molecule has 1 aliphatic rings. The van der Waals surface area contributed by atoms with Crippen LogP contribution >= 0.6 is 0 Å². The van der Waals surface area contributed by atoms with Crippen molar-refractivity contribution in [1.29, 1.82) is 0 Å². The van der Waals surface area contributed by atoms with Crippen molar-refractivity contribution >= 4 is 11.8 Å². The maximum absolute atomic E-state index is 12.1. The molecule has 9 nitrogen and oxygen atoms in total. The summed E-state index contributed by atoms with van der Waals surface area (Å²) in [6.45, 7) is 0.453. The second-order valence-electron chi connectivity index (χ2n) is 7.33. The van der Waals surface area contributed by atoms with Gasteiger partial charge in [0.25, 0.3) is 11.8 Å². The van der Waals surface area contributed by atoms with Crippen LogP contribution in [0.25, 0.3) is 22.8 Å². The number of benzene rings is 1. The zero-order valence-electron chi connectivity index (χ0n) is 17.0. The first-order valence-corrected chi connectivity index (χ1v) is 9.56. The summed E-state index contributed by atoms with van der Waals surface area (Å²) in [4.78, 5) is 34.2. The highest BCUT2D eigenvalue weighted by Crippen LogP contribution is 2.24. The Hall–Kier alpha value is -4.03. The van der Waals surface area contributed by atoms with Gasteiger partial charge in [-0.2, -0.15) is 5.10 Å². The molecule has 3 aromatic rings. The number of amides is 2. The number of likely N-dealkylation sites (tertiary alicyclic amines) is 1. The average molecular weight is 416 g/mol. The molecule has 1 unspecified atom stereocenters. The van der Waals surface area contributed by atoms with Crippen LogP contribution in [0.4, 0.5) is 0 Å². The minimum Gasteiger partial charge on any atom is -0.369 e. The second-order valence-corrected chi connectivity index (χ2v) is 7.33. The van der Waals surface area contributed by atoms with E-state index in [0.717, 1.165) is 0 Å². The molecule has 0 aliphatic carbocycles. The van der Waals surface area contributed by atoms with Crippen molar-refractivity contribution in [2.24, 2.45) is 12.8 Å². The van der Waals surface area contributed by atoms with Gasteiger partial charge in [-0.1, -0.05) is 24.0 Å². The number of nitrogens with two attached hydrogens (primary N) is 1. The highest BCUT2D eigenvalue weighted by atomic mass is 16.3. The Balaban J connectivity index is 1.74. The summed E-state index contributed by atoms with van der Waals surface area (Å²) < 4.78 is 1.63. The smallest absolute Gasteiger partial charge is 0.267 e. The van der Waals surface area contributed by atoms with E-state index < -0.39 is 17.4 Å². The van der Waals surface area contributed by atoms with Crippen LogP contribution in [0, 0.1) is 11.8 Å². The summed E-state index contributed by atoms with van der Waals surface area (Å²) >= 11 is 0. The van der Waals surface area contributed by atoms with E-state index in [2.05, 4.69) is 26.9 Å². The van der Waals surface area contributed by atoms with Gasteiger partial charge < -0.3 is 15.7 Å². The molecule has 0 spiro atoms. The minimum absolute atomic E-state index is 0.0755. The average Bonchev–Trinajstić information content (AvgIpc) is 3.31. The number of likely N-dealkylation sites (N-methyl/N-ethyl adjacent to an activating group) is 1. The van der Waals surface area contributed by atoms with Crippen LogP contribution in [-0.4, -0.2) is 60.8 Å². The molecule has 1 aliphatic heterocycles. The molecule has 156 valence electrons. The second kappa shape index (κ2) is 7.66. The molecule has 0 saturated carbocycles. The fourth-order valence-corrected chi connectivity index (χ4v) is 3.34. The van der Waals surface area contributed by atoms with Crippen molar-refractivity contribution in [1.82, 2.24) is 24.6 Å². The third kappa shape index (κ3) is 3.89. The predicted octanol–water partition coefficient (Wildman–Crippen LogP) is 0.588. The number of carbonyl (C=O) groups excluding carboxylic acids is 2. The Labute approximate surface area is 178 Å². The van der Waals surface area contributed by atoms with Crippen molar-refractivity contribution in [2.75, 3.05) is 13.6 Å². The number of aromatic nitrogens is 4. The fraction of sp³-hybridized carbons (Fsp3) is 0.227. The Morgan fingerprint density at radius 1 is 1.23 bits per heavy atom. The molecule has 3 N–H and O–H groups in total. The number of hydrogen-bond donors (Lipinski definition) is 2. The number of nitrogens with zero attached hydrogens (tertiary/aromatic N) is 5. The third-order valence-electron chi connectivity index (χ3n) is 5.11. The maximum Gasteiger partial charge on any atom is 0.267 e. The van der Waals surface area contributed by atoms with Gasteiger partial charge in [0, 0.05) is 44.4 Å². The van der Waals surface area contributed by atoms with Crippen LogP contribution in [0.3, 0.4) is 0 Å². The van der Waals surface area contributed by atoms with Crippen molar-refractivity contribution in [3.05, 3.63) is 53.9 Å². The summed E-state index contributed by atoms with van der Waals surface area (Å²) in [6.07, 6.45) is 1.89. The maximum atomic E-state index is 12.1. The van der Waals surface area contributed by atoms with Crippen LogP contribution in [0.2, 0.25) is 0 Å². The molecule has 31 heavy (non-hydrogen) atoms. The molecule has 4 rings (SSSR count). The molecular formula is C22H20N6O3. The fourth-order valence-electron chi connectivity index (χ4n) is 3.34. The van der Waals surface area contributed by atoms with Crippen molar-refractivity contribution in [3.8, 4) is 34.6 Å². The Kier molecular flexibility index (Phi) is 5.01. The van der Waals surface area contributed by atoms with Gasteiger partial charge in [-0.3, -0.25) is 14.3 Å². The van der Waals surface area contributed by atoms with Crippen LogP contribution in [0.5, 0.6) is 0 Å². The van der Waals surface area contributed by atoms with Crippen LogP contribution in [0.15, 0.2) is 42.6 Å². The third-order valence-corrected chi connectivity index (χ3v) is 5.11. The quantitative estimate of drug-likeness (QED) is 0.602. The lowest BCUT2D eigenvalue weighted by molar-refractivity contribution is -0.137. The van der Waals surface area contributed by atoms with Crippen molar-refractivity contribution < 1.29 is 14.7 Å². The molecule has 3 heterocycles. The van der Waals surface area contributed by atoms with Gasteiger partial charge in [-0.25, -0.2) is 9.97 Å². The van der Waals surface area contributed by atoms with Crippen LogP contribution < -0.4 is 5.73 Å². The van der Waals surface area contributed by atoms with Gasteiger partial charge in [-0.05, 0) is 24.3 Å². The zero-order valence-corrected chi connectivity index (χ0v) is 17.0. The van der Waals surface area contributed by atoms with E-state index in [1.165, 1.54) is 11.0 Å². The predicted molar refractivity (Wildman–Crippen MR) is 112 cm³/mol. The first-order chi connectivity index (χ1) is 14.8. The van der Waals surface area contributed by atoms with Gasteiger partial charge in [0.1, 0.15) is 5.69 Å². The topological polar surface area (TPSA) is 127 Å². The monoisotopic (exact) mass is 416 g/mol. The molecule has 0 radical (unpaired) electrons. The van der Waals surface area contributed by atoms with Crippen molar-refractivity contribution in [3.63, 3.8) is 0 Å². The van der Waals surface area contributed by atoms with Gasteiger partial charge >= 0.3 is 0 Å². The summed E-state index contributed by atoms with van der Waals surface area (Å²) in [5.74, 6) is 4.78. The summed E-state index contributed by atoms with van der Waals surface area (Å²) in [7, 11) is 3.40. The first-order valence-electron chi connectivity index (χ1n) is 9.56. The SMILES string of the molecule is CN1CCC(O)(C#Cc2cccc(-c3nc(C(N)=O)cc(-c4ccnn4C)n3)c2)C1=O. The largest absolute Gasteiger partial charge is 0.369 e. The number of aliphatic hydroxyl groups is 1. The molecule has 1 saturated heterocycles. The van der Waals surface area contributed by atoms with E-state index in [1.54, 1.807) is 55.3 Å². The molecule has 2 amide bonds. The van der Waals surface area contributed by atoms with Crippen LogP contribution in [-0.2, 0) is 11.8 Å². The lowest BCUT2D eigenvalue weighted by atomic mass is 10.0. The highest BCUT2D eigenvalue weighted by molar-refractivity contribution is 5.92. The molecule has 9 heteroatoms. The summed E-state index contributed by atoms with van der Waals surface area (Å²) in [5.41, 5.74) is 6.25. The number of primary amides is 1.